The first-order chi connectivity index (χ1) is 6.45. The van der Waals surface area contributed by atoms with Gasteiger partial charge in [0.05, 0.1) is 12.9 Å². The maximum Gasteiger partial charge on any atom is 0.259 e. The highest BCUT2D eigenvalue weighted by Crippen LogP contribution is 2.04. The van der Waals surface area contributed by atoms with Gasteiger partial charge in [0.2, 0.25) is 0 Å². The lowest BCUT2D eigenvalue weighted by atomic mass is 10.4. The van der Waals surface area contributed by atoms with Crippen molar-refractivity contribution in [3.8, 4) is 0 Å². The number of rotatable bonds is 4. The number of hydrogen-bond donors (Lipinski definition) is 2. The minimum Gasteiger partial charge on any atom is -0.395 e. The minimum absolute atomic E-state index is 0.0414. The SMILES string of the molecule is C[C@H](CO)NS(=O)(=O)c1cn(C)cn1. The molecule has 0 aromatic carbocycles. The molecule has 80 valence electrons. The van der Waals surface area contributed by atoms with Crippen molar-refractivity contribution < 1.29 is 13.5 Å². The van der Waals surface area contributed by atoms with E-state index in [1.165, 1.54) is 17.1 Å². The van der Waals surface area contributed by atoms with Gasteiger partial charge in [-0.25, -0.2) is 18.1 Å². The van der Waals surface area contributed by atoms with Crippen LogP contribution in [0.1, 0.15) is 6.92 Å². The van der Waals surface area contributed by atoms with Gasteiger partial charge in [-0.15, -0.1) is 0 Å². The number of aliphatic hydroxyl groups is 1. The van der Waals surface area contributed by atoms with Crippen LogP contribution < -0.4 is 4.72 Å². The van der Waals surface area contributed by atoms with Gasteiger partial charge in [0.25, 0.3) is 10.0 Å². The van der Waals surface area contributed by atoms with Crippen LogP contribution >= 0.6 is 0 Å². The van der Waals surface area contributed by atoms with Gasteiger partial charge in [0.15, 0.2) is 5.03 Å². The van der Waals surface area contributed by atoms with Crippen molar-refractivity contribution in [1.82, 2.24) is 14.3 Å². The summed E-state index contributed by atoms with van der Waals surface area (Å²) in [5, 5.41) is 8.66. The van der Waals surface area contributed by atoms with E-state index in [0.29, 0.717) is 0 Å². The third-order valence-corrected chi connectivity index (χ3v) is 3.06. The Morgan fingerprint density at radius 3 is 2.79 bits per heavy atom. The first kappa shape index (κ1) is 11.2. The molecule has 1 rings (SSSR count). The lowest BCUT2D eigenvalue weighted by Crippen LogP contribution is -2.35. The quantitative estimate of drug-likeness (QED) is 0.686. The summed E-state index contributed by atoms with van der Waals surface area (Å²) in [6, 6.07) is -0.512. The molecule has 7 heteroatoms. The molecular weight excluding hydrogens is 206 g/mol. The van der Waals surface area contributed by atoms with Gasteiger partial charge in [-0.2, -0.15) is 0 Å². The fraction of sp³-hybridized carbons (Fsp3) is 0.571. The molecule has 0 aliphatic carbocycles. The van der Waals surface area contributed by atoms with Gasteiger partial charge >= 0.3 is 0 Å². The number of nitrogens with one attached hydrogen (secondary N) is 1. The number of hydrogen-bond acceptors (Lipinski definition) is 4. The van der Waals surface area contributed by atoms with Crippen LogP contribution in [0.25, 0.3) is 0 Å². The van der Waals surface area contributed by atoms with E-state index in [9.17, 15) is 8.42 Å². The predicted octanol–water partition coefficient (Wildman–Crippen LogP) is -0.921. The average Bonchev–Trinajstić information content (AvgIpc) is 2.51. The minimum atomic E-state index is -3.59. The van der Waals surface area contributed by atoms with E-state index in [2.05, 4.69) is 9.71 Å². The van der Waals surface area contributed by atoms with Gasteiger partial charge in [0, 0.05) is 19.3 Å². The fourth-order valence-corrected chi connectivity index (χ4v) is 2.11. The van der Waals surface area contributed by atoms with Crippen LogP contribution in [0.4, 0.5) is 0 Å². The van der Waals surface area contributed by atoms with E-state index in [-0.39, 0.29) is 11.6 Å². The Kier molecular flexibility index (Phi) is 3.25. The third kappa shape index (κ3) is 2.53. The Morgan fingerprint density at radius 2 is 2.36 bits per heavy atom. The second kappa shape index (κ2) is 4.07. The van der Waals surface area contributed by atoms with E-state index >= 15 is 0 Å². The topological polar surface area (TPSA) is 84.2 Å². The van der Waals surface area contributed by atoms with Crippen molar-refractivity contribution in [2.24, 2.45) is 7.05 Å². The summed E-state index contributed by atoms with van der Waals surface area (Å²) in [6.07, 6.45) is 2.80. The van der Waals surface area contributed by atoms with Crippen LogP contribution in [0.2, 0.25) is 0 Å². The molecule has 0 fully saturated rings. The summed E-state index contributed by atoms with van der Waals surface area (Å²) < 4.78 is 26.9. The van der Waals surface area contributed by atoms with Crippen LogP contribution in [-0.4, -0.2) is 35.7 Å². The van der Waals surface area contributed by atoms with Crippen LogP contribution in [0.3, 0.4) is 0 Å². The Hall–Kier alpha value is -0.920. The van der Waals surface area contributed by atoms with Crippen LogP contribution in [-0.2, 0) is 17.1 Å². The number of imidazole rings is 1. The Balaban J connectivity index is 2.86. The molecule has 0 saturated carbocycles. The summed E-state index contributed by atoms with van der Waals surface area (Å²) in [5.74, 6) is 0. The molecule has 14 heavy (non-hydrogen) atoms. The van der Waals surface area contributed by atoms with Gasteiger partial charge < -0.3 is 9.67 Å². The fourth-order valence-electron chi connectivity index (χ4n) is 0.890. The van der Waals surface area contributed by atoms with Crippen molar-refractivity contribution >= 4 is 10.0 Å². The smallest absolute Gasteiger partial charge is 0.259 e. The zero-order valence-electron chi connectivity index (χ0n) is 8.01. The highest BCUT2D eigenvalue weighted by molar-refractivity contribution is 7.89. The molecule has 0 aliphatic heterocycles. The molecule has 1 aromatic heterocycles. The van der Waals surface area contributed by atoms with Crippen molar-refractivity contribution in [1.29, 1.82) is 0 Å². The van der Waals surface area contributed by atoms with Crippen molar-refractivity contribution in [2.75, 3.05) is 6.61 Å². The van der Waals surface area contributed by atoms with Gasteiger partial charge in [-0.05, 0) is 6.92 Å². The molecule has 0 bridgehead atoms. The van der Waals surface area contributed by atoms with E-state index in [1.807, 2.05) is 0 Å². The first-order valence-corrected chi connectivity index (χ1v) is 5.55. The standard InChI is InChI=1S/C7H13N3O3S/c1-6(4-11)9-14(12,13)7-3-10(2)5-8-7/h3,5-6,9,11H,4H2,1-2H3/t6-/m1/s1. The number of aryl methyl sites for hydroxylation is 1. The highest BCUT2D eigenvalue weighted by atomic mass is 32.2. The largest absolute Gasteiger partial charge is 0.395 e. The summed E-state index contributed by atoms with van der Waals surface area (Å²) in [6.45, 7) is 1.33. The summed E-state index contributed by atoms with van der Waals surface area (Å²) in [7, 11) is -1.91. The molecule has 0 amide bonds. The molecule has 0 unspecified atom stereocenters. The molecule has 1 aromatic rings. The van der Waals surface area contributed by atoms with Crippen molar-refractivity contribution in [3.63, 3.8) is 0 Å². The number of nitrogens with zero attached hydrogens (tertiary/aromatic N) is 2. The van der Waals surface area contributed by atoms with E-state index in [1.54, 1.807) is 14.0 Å². The van der Waals surface area contributed by atoms with Gasteiger partial charge in [-0.1, -0.05) is 0 Å². The summed E-state index contributed by atoms with van der Waals surface area (Å²) >= 11 is 0. The van der Waals surface area contributed by atoms with Crippen LogP contribution in [0.5, 0.6) is 0 Å². The lowest BCUT2D eigenvalue weighted by Gasteiger charge is -2.08. The molecule has 0 saturated heterocycles. The molecule has 6 nitrogen and oxygen atoms in total. The molecule has 1 atom stereocenters. The van der Waals surface area contributed by atoms with Crippen LogP contribution in [0.15, 0.2) is 17.6 Å². The zero-order chi connectivity index (χ0) is 10.8. The van der Waals surface area contributed by atoms with Crippen LogP contribution in [0, 0.1) is 0 Å². The molecule has 0 aliphatic rings. The number of sulfonamides is 1. The number of aromatic nitrogens is 2. The molecule has 1 heterocycles. The maximum absolute atomic E-state index is 11.5. The highest BCUT2D eigenvalue weighted by Gasteiger charge is 2.18. The number of aliphatic hydroxyl groups excluding tert-OH is 1. The molecule has 0 spiro atoms. The second-order valence-electron chi connectivity index (χ2n) is 3.08. The third-order valence-electron chi connectivity index (χ3n) is 1.59. The predicted molar refractivity (Wildman–Crippen MR) is 50.1 cm³/mol. The summed E-state index contributed by atoms with van der Waals surface area (Å²) in [5.41, 5.74) is 0. The first-order valence-electron chi connectivity index (χ1n) is 4.07. The molecule has 0 radical (unpaired) electrons. The maximum atomic E-state index is 11.5. The van der Waals surface area contributed by atoms with Crippen molar-refractivity contribution in [2.45, 2.75) is 18.0 Å². The molecular formula is C7H13N3O3S. The van der Waals surface area contributed by atoms with Gasteiger partial charge in [0.1, 0.15) is 0 Å². The van der Waals surface area contributed by atoms with E-state index in [4.69, 9.17) is 5.11 Å². The van der Waals surface area contributed by atoms with E-state index < -0.39 is 16.1 Å². The monoisotopic (exact) mass is 219 g/mol. The zero-order valence-corrected chi connectivity index (χ0v) is 8.82. The Morgan fingerprint density at radius 1 is 1.71 bits per heavy atom. The lowest BCUT2D eigenvalue weighted by molar-refractivity contribution is 0.265. The second-order valence-corrected chi connectivity index (χ2v) is 4.74. The normalized spacial score (nSPS) is 14.2. The summed E-state index contributed by atoms with van der Waals surface area (Å²) in [4.78, 5) is 3.71. The van der Waals surface area contributed by atoms with Gasteiger partial charge in [-0.3, -0.25) is 0 Å². The van der Waals surface area contributed by atoms with Crippen molar-refractivity contribution in [3.05, 3.63) is 12.5 Å². The Bertz CT molecular complexity index is 398. The van der Waals surface area contributed by atoms with E-state index in [0.717, 1.165) is 0 Å². The molecule has 2 N–H and O–H groups in total. The average molecular weight is 219 g/mol. The Labute approximate surface area is 82.6 Å².